The number of hydrogen-bond acceptors (Lipinski definition) is 4. The summed E-state index contributed by atoms with van der Waals surface area (Å²) in [5.41, 5.74) is 5.68. The number of anilines is 1. The number of nitrogens with two attached hydrogens (primary N) is 1. The maximum absolute atomic E-state index is 12.5. The van der Waals surface area contributed by atoms with E-state index >= 15 is 0 Å². The van der Waals surface area contributed by atoms with Crippen LogP contribution in [0.15, 0.2) is 12.3 Å². The number of aromatic nitrogens is 1. The van der Waals surface area contributed by atoms with Crippen LogP contribution in [-0.2, 0) is 0 Å². The van der Waals surface area contributed by atoms with Crippen molar-refractivity contribution in [1.82, 2.24) is 4.98 Å². The molecule has 0 saturated heterocycles. The number of aliphatic hydroxyl groups is 1. The monoisotopic (exact) mass is 248 g/mol. The van der Waals surface area contributed by atoms with E-state index in [0.29, 0.717) is 24.3 Å². The number of carbonyl (C=O) groups is 1. The van der Waals surface area contributed by atoms with E-state index in [2.05, 4.69) is 11.9 Å². The molecule has 0 aromatic carbocycles. The average Bonchev–Trinajstić information content (AvgIpc) is 2.33. The Kier molecular flexibility index (Phi) is 3.39. The molecule has 1 heterocycles. The fraction of sp³-hybridized carbons (Fsp3) is 0.571. The number of Topliss-reactive ketones (excluding diaryl/α,β-unsaturated/α-hetero) is 1. The van der Waals surface area contributed by atoms with Crippen LogP contribution in [0.4, 0.5) is 5.82 Å². The van der Waals surface area contributed by atoms with Gasteiger partial charge in [0.15, 0.2) is 5.78 Å². The van der Waals surface area contributed by atoms with Gasteiger partial charge in [-0.25, -0.2) is 4.98 Å². The van der Waals surface area contributed by atoms with Crippen molar-refractivity contribution >= 4 is 11.6 Å². The Balaban J connectivity index is 2.31. The third-order valence-corrected chi connectivity index (χ3v) is 3.94. The Morgan fingerprint density at radius 2 is 2.11 bits per heavy atom. The quantitative estimate of drug-likeness (QED) is 0.786. The Morgan fingerprint density at radius 1 is 1.50 bits per heavy atom. The normalized spacial score (nSPS) is 28.1. The molecule has 0 bridgehead atoms. The standard InChI is InChI=1S/C14H20N2O2/c1-9-3-6-14(18,7-4-9)12(17)11-10(2)5-8-16-13(11)15/h5,8-9,18H,3-4,6-7H2,1-2H3,(H2,15,16). The van der Waals surface area contributed by atoms with Gasteiger partial charge in [0.25, 0.3) is 0 Å². The maximum atomic E-state index is 12.5. The first-order valence-corrected chi connectivity index (χ1v) is 6.42. The number of pyridine rings is 1. The van der Waals surface area contributed by atoms with Crippen LogP contribution in [0.3, 0.4) is 0 Å². The van der Waals surface area contributed by atoms with Gasteiger partial charge in [-0.05, 0) is 50.2 Å². The minimum atomic E-state index is -1.26. The molecule has 1 aliphatic carbocycles. The number of ketones is 1. The summed E-state index contributed by atoms with van der Waals surface area (Å²) >= 11 is 0. The zero-order valence-corrected chi connectivity index (χ0v) is 10.9. The zero-order valence-electron chi connectivity index (χ0n) is 10.9. The van der Waals surface area contributed by atoms with Crippen molar-refractivity contribution in [2.45, 2.75) is 45.1 Å². The fourth-order valence-corrected chi connectivity index (χ4v) is 2.57. The number of carbonyl (C=O) groups excluding carboxylic acids is 1. The largest absolute Gasteiger partial charge is 0.383 e. The van der Waals surface area contributed by atoms with Gasteiger partial charge in [0.1, 0.15) is 11.4 Å². The van der Waals surface area contributed by atoms with Gasteiger partial charge in [0, 0.05) is 6.20 Å². The Bertz CT molecular complexity index is 443. The van der Waals surface area contributed by atoms with E-state index in [9.17, 15) is 9.90 Å². The van der Waals surface area contributed by atoms with Gasteiger partial charge in [-0.1, -0.05) is 6.92 Å². The molecule has 1 aliphatic rings. The van der Waals surface area contributed by atoms with E-state index in [1.165, 1.54) is 0 Å². The molecule has 2 rings (SSSR count). The van der Waals surface area contributed by atoms with Gasteiger partial charge in [0.2, 0.25) is 0 Å². The van der Waals surface area contributed by atoms with Crippen LogP contribution in [0.1, 0.15) is 48.5 Å². The summed E-state index contributed by atoms with van der Waals surface area (Å²) in [5.74, 6) is 0.523. The van der Waals surface area contributed by atoms with E-state index in [1.54, 1.807) is 12.3 Å². The van der Waals surface area contributed by atoms with Crippen LogP contribution in [0.5, 0.6) is 0 Å². The lowest BCUT2D eigenvalue weighted by atomic mass is 9.75. The summed E-state index contributed by atoms with van der Waals surface area (Å²) < 4.78 is 0. The molecule has 0 atom stereocenters. The van der Waals surface area contributed by atoms with Crippen LogP contribution in [0.2, 0.25) is 0 Å². The highest BCUT2D eigenvalue weighted by atomic mass is 16.3. The molecule has 1 fully saturated rings. The Labute approximate surface area is 107 Å². The molecule has 0 aliphatic heterocycles. The predicted octanol–water partition coefficient (Wildman–Crippen LogP) is 2.10. The van der Waals surface area contributed by atoms with Gasteiger partial charge in [-0.15, -0.1) is 0 Å². The van der Waals surface area contributed by atoms with E-state index in [0.717, 1.165) is 18.4 Å². The summed E-state index contributed by atoms with van der Waals surface area (Å²) in [6, 6.07) is 1.75. The fourth-order valence-electron chi connectivity index (χ4n) is 2.57. The number of nitrogens with zero attached hydrogens (tertiary/aromatic N) is 1. The number of aryl methyl sites for hydroxylation is 1. The molecule has 0 amide bonds. The lowest BCUT2D eigenvalue weighted by molar-refractivity contribution is 0.00425. The van der Waals surface area contributed by atoms with Crippen molar-refractivity contribution in [3.63, 3.8) is 0 Å². The molecule has 0 spiro atoms. The van der Waals surface area contributed by atoms with E-state index in [-0.39, 0.29) is 11.6 Å². The second-order valence-corrected chi connectivity index (χ2v) is 5.43. The summed E-state index contributed by atoms with van der Waals surface area (Å²) in [4.78, 5) is 16.4. The third kappa shape index (κ3) is 2.25. The first-order valence-electron chi connectivity index (χ1n) is 6.42. The molecule has 18 heavy (non-hydrogen) atoms. The molecule has 1 saturated carbocycles. The Morgan fingerprint density at radius 3 is 2.67 bits per heavy atom. The number of rotatable bonds is 2. The average molecular weight is 248 g/mol. The molecule has 0 radical (unpaired) electrons. The summed E-state index contributed by atoms with van der Waals surface area (Å²) in [6.45, 7) is 3.97. The Hall–Kier alpha value is -1.42. The van der Waals surface area contributed by atoms with Crippen LogP contribution in [0, 0.1) is 12.8 Å². The van der Waals surface area contributed by atoms with Gasteiger partial charge in [-0.2, -0.15) is 0 Å². The topological polar surface area (TPSA) is 76.2 Å². The molecule has 98 valence electrons. The lowest BCUT2D eigenvalue weighted by Gasteiger charge is -2.34. The van der Waals surface area contributed by atoms with Crippen molar-refractivity contribution in [3.8, 4) is 0 Å². The molecule has 0 unspecified atom stereocenters. The molecule has 4 nitrogen and oxygen atoms in total. The number of nitrogen functional groups attached to an aromatic ring is 1. The maximum Gasteiger partial charge on any atom is 0.198 e. The summed E-state index contributed by atoms with van der Waals surface area (Å²) in [6.07, 6.45) is 4.36. The molecule has 1 aromatic heterocycles. The van der Waals surface area contributed by atoms with Gasteiger partial charge >= 0.3 is 0 Å². The van der Waals surface area contributed by atoms with Crippen molar-refractivity contribution in [3.05, 3.63) is 23.4 Å². The first-order chi connectivity index (χ1) is 8.44. The minimum Gasteiger partial charge on any atom is -0.383 e. The van der Waals surface area contributed by atoms with Crippen molar-refractivity contribution in [2.24, 2.45) is 5.92 Å². The molecule has 3 N–H and O–H groups in total. The van der Waals surface area contributed by atoms with Crippen molar-refractivity contribution in [2.75, 3.05) is 5.73 Å². The molecular weight excluding hydrogens is 228 g/mol. The smallest absolute Gasteiger partial charge is 0.198 e. The van der Waals surface area contributed by atoms with Gasteiger partial charge in [-0.3, -0.25) is 4.79 Å². The highest BCUT2D eigenvalue weighted by molar-refractivity contribution is 6.06. The molecular formula is C14H20N2O2. The predicted molar refractivity (Wildman–Crippen MR) is 70.3 cm³/mol. The summed E-state index contributed by atoms with van der Waals surface area (Å²) in [5, 5.41) is 10.5. The highest BCUT2D eigenvalue weighted by Crippen LogP contribution is 2.35. The number of hydrogen-bond donors (Lipinski definition) is 2. The highest BCUT2D eigenvalue weighted by Gasteiger charge is 2.40. The lowest BCUT2D eigenvalue weighted by Crippen LogP contribution is -2.42. The minimum absolute atomic E-state index is 0.215. The van der Waals surface area contributed by atoms with E-state index in [1.807, 2.05) is 6.92 Å². The third-order valence-electron chi connectivity index (χ3n) is 3.94. The van der Waals surface area contributed by atoms with Crippen molar-refractivity contribution < 1.29 is 9.90 Å². The SMILES string of the molecule is Cc1ccnc(N)c1C(=O)C1(O)CCC(C)CC1. The van der Waals surface area contributed by atoms with E-state index in [4.69, 9.17) is 5.73 Å². The second-order valence-electron chi connectivity index (χ2n) is 5.43. The van der Waals surface area contributed by atoms with Crippen LogP contribution < -0.4 is 5.73 Å². The first kappa shape index (κ1) is 13.0. The van der Waals surface area contributed by atoms with E-state index < -0.39 is 5.60 Å². The zero-order chi connectivity index (χ0) is 13.3. The van der Waals surface area contributed by atoms with Crippen LogP contribution >= 0.6 is 0 Å². The summed E-state index contributed by atoms with van der Waals surface area (Å²) in [7, 11) is 0. The van der Waals surface area contributed by atoms with Crippen LogP contribution in [-0.4, -0.2) is 21.5 Å². The van der Waals surface area contributed by atoms with Gasteiger partial charge in [0.05, 0.1) is 5.56 Å². The van der Waals surface area contributed by atoms with Gasteiger partial charge < -0.3 is 10.8 Å². The van der Waals surface area contributed by atoms with Crippen molar-refractivity contribution in [1.29, 1.82) is 0 Å². The second kappa shape index (κ2) is 4.69. The molecule has 4 heteroatoms. The molecule has 1 aromatic rings. The van der Waals surface area contributed by atoms with Crippen LogP contribution in [0.25, 0.3) is 0 Å².